The predicted molar refractivity (Wildman–Crippen MR) is 114 cm³/mol. The van der Waals surface area contributed by atoms with Gasteiger partial charge in [-0.05, 0) is 17.9 Å². The summed E-state index contributed by atoms with van der Waals surface area (Å²) in [6, 6.07) is 10.2. The van der Waals surface area contributed by atoms with Gasteiger partial charge in [-0.3, -0.25) is 24.0 Å². The van der Waals surface area contributed by atoms with Gasteiger partial charge in [0, 0.05) is 25.7 Å². The van der Waals surface area contributed by atoms with Crippen LogP contribution in [-0.4, -0.2) is 67.6 Å². The lowest BCUT2D eigenvalue weighted by atomic mass is 9.96. The molecule has 4 rings (SSSR count). The zero-order valence-electron chi connectivity index (χ0n) is 18.3. The van der Waals surface area contributed by atoms with Gasteiger partial charge in [0.25, 0.3) is 11.8 Å². The monoisotopic (exact) mass is 441 g/mol. The van der Waals surface area contributed by atoms with Gasteiger partial charge >= 0.3 is 6.09 Å². The van der Waals surface area contributed by atoms with Gasteiger partial charge in [-0.15, -0.1) is 0 Å². The molecule has 2 aliphatic rings. The standard InChI is InChI=1S/C22H27N5O5/c1-14(2)11-17-21(29)26-16(12-15-7-5-4-6-8-15)20(28)25(18-9-10-24(3)23-18)13-19(26)27(32-17)22(30)31/h4-10,14,16-17,19H,11-13H2,1-3H3,(H,30,31)/t16-,17+,19?/m0/s1. The van der Waals surface area contributed by atoms with Crippen LogP contribution < -0.4 is 4.90 Å². The summed E-state index contributed by atoms with van der Waals surface area (Å²) in [7, 11) is 1.74. The second-order valence-electron chi connectivity index (χ2n) is 8.56. The molecule has 170 valence electrons. The molecule has 1 N–H and O–H groups in total. The quantitative estimate of drug-likeness (QED) is 0.759. The number of carboxylic acid groups (broad SMARTS) is 1. The number of nitrogens with zero attached hydrogens (tertiary/aromatic N) is 5. The highest BCUT2D eigenvalue weighted by Gasteiger charge is 2.53. The van der Waals surface area contributed by atoms with Crippen molar-refractivity contribution in [2.45, 2.75) is 45.0 Å². The van der Waals surface area contributed by atoms with Gasteiger partial charge in [0.05, 0.1) is 6.54 Å². The van der Waals surface area contributed by atoms with Crippen LogP contribution in [0.2, 0.25) is 0 Å². The fourth-order valence-corrected chi connectivity index (χ4v) is 4.27. The van der Waals surface area contributed by atoms with Crippen molar-refractivity contribution < 1.29 is 24.3 Å². The fourth-order valence-electron chi connectivity index (χ4n) is 4.27. The van der Waals surface area contributed by atoms with E-state index in [1.165, 1.54) is 9.80 Å². The normalized spacial score (nSPS) is 23.6. The van der Waals surface area contributed by atoms with Crippen molar-refractivity contribution in [1.82, 2.24) is 19.7 Å². The first-order chi connectivity index (χ1) is 15.3. The molecular formula is C22H27N5O5. The predicted octanol–water partition coefficient (Wildman–Crippen LogP) is 1.87. The maximum Gasteiger partial charge on any atom is 0.433 e. The Morgan fingerprint density at radius 2 is 1.91 bits per heavy atom. The minimum atomic E-state index is -1.31. The van der Waals surface area contributed by atoms with Crippen LogP contribution in [0.5, 0.6) is 0 Å². The number of carbonyl (C=O) groups excluding carboxylic acids is 2. The molecule has 0 bridgehead atoms. The Hall–Kier alpha value is -3.40. The second kappa shape index (κ2) is 8.62. The van der Waals surface area contributed by atoms with Crippen molar-refractivity contribution in [1.29, 1.82) is 0 Å². The highest BCUT2D eigenvalue weighted by Crippen LogP contribution is 2.32. The molecule has 10 heteroatoms. The molecule has 2 saturated heterocycles. The molecule has 10 nitrogen and oxygen atoms in total. The van der Waals surface area contributed by atoms with Crippen LogP contribution in [0.4, 0.5) is 10.6 Å². The smallest absolute Gasteiger partial charge is 0.433 e. The third kappa shape index (κ3) is 4.05. The number of carbonyl (C=O) groups is 3. The summed E-state index contributed by atoms with van der Waals surface area (Å²) in [4.78, 5) is 47.6. The summed E-state index contributed by atoms with van der Waals surface area (Å²) in [5.41, 5.74) is 0.869. The lowest BCUT2D eigenvalue weighted by Crippen LogP contribution is -2.74. The molecule has 0 saturated carbocycles. The molecule has 1 unspecified atom stereocenters. The number of rotatable bonds is 5. The Balaban J connectivity index is 1.76. The number of aromatic nitrogens is 2. The lowest BCUT2D eigenvalue weighted by molar-refractivity contribution is -0.259. The van der Waals surface area contributed by atoms with Gasteiger partial charge in [-0.25, -0.2) is 4.79 Å². The van der Waals surface area contributed by atoms with Gasteiger partial charge in [0.1, 0.15) is 6.04 Å². The summed E-state index contributed by atoms with van der Waals surface area (Å²) in [6.45, 7) is 3.80. The van der Waals surface area contributed by atoms with E-state index < -0.39 is 24.4 Å². The van der Waals surface area contributed by atoms with E-state index in [0.717, 1.165) is 10.6 Å². The zero-order valence-corrected chi connectivity index (χ0v) is 18.3. The maximum atomic E-state index is 13.6. The number of fused-ring (bicyclic) bond motifs is 1. The van der Waals surface area contributed by atoms with Gasteiger partial charge in [0.15, 0.2) is 18.1 Å². The molecule has 3 atom stereocenters. The third-order valence-corrected chi connectivity index (χ3v) is 5.72. The molecule has 2 fully saturated rings. The fraction of sp³-hybridized carbons (Fsp3) is 0.455. The van der Waals surface area contributed by atoms with Crippen molar-refractivity contribution in [3.63, 3.8) is 0 Å². The number of aryl methyl sites for hydroxylation is 1. The molecule has 0 spiro atoms. The minimum absolute atomic E-state index is 0.0619. The molecular weight excluding hydrogens is 414 g/mol. The number of piperazine rings is 1. The van der Waals surface area contributed by atoms with Crippen molar-refractivity contribution in [3.05, 3.63) is 48.2 Å². The number of hydrogen-bond acceptors (Lipinski definition) is 5. The summed E-state index contributed by atoms with van der Waals surface area (Å²) in [6.07, 6.45) is -0.936. The molecule has 3 heterocycles. The topological polar surface area (TPSA) is 108 Å². The van der Waals surface area contributed by atoms with E-state index in [9.17, 15) is 19.5 Å². The maximum absolute atomic E-state index is 13.6. The van der Waals surface area contributed by atoms with Crippen LogP contribution >= 0.6 is 0 Å². The Labute approximate surface area is 185 Å². The Morgan fingerprint density at radius 3 is 2.50 bits per heavy atom. The van der Waals surface area contributed by atoms with Crippen molar-refractivity contribution in [2.75, 3.05) is 11.4 Å². The van der Waals surface area contributed by atoms with Gasteiger partial charge in [0.2, 0.25) is 0 Å². The Bertz CT molecular complexity index is 1010. The second-order valence-corrected chi connectivity index (χ2v) is 8.56. The molecule has 1 aromatic heterocycles. The highest BCUT2D eigenvalue weighted by molar-refractivity contribution is 6.01. The summed E-state index contributed by atoms with van der Waals surface area (Å²) < 4.78 is 1.57. The SMILES string of the molecule is CC(C)C[C@H]1ON(C(=O)O)C2CN(c3ccn(C)n3)C(=O)[C@H](Cc3ccccc3)N2C1=O. The summed E-state index contributed by atoms with van der Waals surface area (Å²) in [5, 5.41) is 15.0. The van der Waals surface area contributed by atoms with Crippen LogP contribution in [0.25, 0.3) is 0 Å². The largest absolute Gasteiger partial charge is 0.463 e. The number of benzene rings is 1. The summed E-state index contributed by atoms with van der Waals surface area (Å²) >= 11 is 0. The summed E-state index contributed by atoms with van der Waals surface area (Å²) in [5.74, 6) is -0.157. The van der Waals surface area contributed by atoms with E-state index in [1.807, 2.05) is 44.2 Å². The van der Waals surface area contributed by atoms with E-state index in [2.05, 4.69) is 5.10 Å². The van der Waals surface area contributed by atoms with Crippen LogP contribution in [0.3, 0.4) is 0 Å². The molecule has 1 aromatic carbocycles. The number of anilines is 1. The molecule has 2 aromatic rings. The van der Waals surface area contributed by atoms with Crippen molar-refractivity contribution in [3.8, 4) is 0 Å². The van der Waals surface area contributed by atoms with Gasteiger partial charge in [-0.1, -0.05) is 44.2 Å². The Kier molecular flexibility index (Phi) is 5.88. The molecule has 2 aliphatic heterocycles. The minimum Gasteiger partial charge on any atom is -0.463 e. The van der Waals surface area contributed by atoms with E-state index >= 15 is 0 Å². The average molecular weight is 441 g/mol. The molecule has 32 heavy (non-hydrogen) atoms. The lowest BCUT2D eigenvalue weighted by Gasteiger charge is -2.52. The highest BCUT2D eigenvalue weighted by atomic mass is 16.7. The first-order valence-electron chi connectivity index (χ1n) is 10.6. The van der Waals surface area contributed by atoms with Crippen LogP contribution in [0.1, 0.15) is 25.8 Å². The van der Waals surface area contributed by atoms with E-state index in [4.69, 9.17) is 4.84 Å². The van der Waals surface area contributed by atoms with E-state index in [-0.39, 0.29) is 30.7 Å². The first-order valence-corrected chi connectivity index (χ1v) is 10.6. The Morgan fingerprint density at radius 1 is 1.19 bits per heavy atom. The third-order valence-electron chi connectivity index (χ3n) is 5.72. The zero-order chi connectivity index (χ0) is 23.0. The number of hydrogen-bond donors (Lipinski definition) is 1. The van der Waals surface area contributed by atoms with Crippen LogP contribution in [-0.2, 0) is 27.9 Å². The van der Waals surface area contributed by atoms with Crippen molar-refractivity contribution >= 4 is 23.7 Å². The first kappa shape index (κ1) is 21.8. The number of hydroxylamine groups is 2. The van der Waals surface area contributed by atoms with Gasteiger partial charge < -0.3 is 10.0 Å². The number of amides is 3. The van der Waals surface area contributed by atoms with Gasteiger partial charge in [-0.2, -0.15) is 10.2 Å². The van der Waals surface area contributed by atoms with E-state index in [1.54, 1.807) is 24.0 Å². The molecule has 3 amide bonds. The van der Waals surface area contributed by atoms with Crippen molar-refractivity contribution in [2.24, 2.45) is 13.0 Å². The van der Waals surface area contributed by atoms with Crippen LogP contribution in [0.15, 0.2) is 42.6 Å². The molecule has 0 radical (unpaired) electrons. The average Bonchev–Trinajstić information content (AvgIpc) is 3.18. The van der Waals surface area contributed by atoms with E-state index in [0.29, 0.717) is 12.2 Å². The molecule has 0 aliphatic carbocycles. The van der Waals surface area contributed by atoms with Crippen LogP contribution in [0, 0.1) is 5.92 Å².